The molecule has 0 fully saturated rings. The van der Waals surface area contributed by atoms with Crippen molar-refractivity contribution in [1.82, 2.24) is 9.97 Å². The average Bonchev–Trinajstić information content (AvgIpc) is 2.75. The van der Waals surface area contributed by atoms with Gasteiger partial charge in [-0.2, -0.15) is 8.42 Å². The van der Waals surface area contributed by atoms with Gasteiger partial charge in [-0.3, -0.25) is 4.72 Å². The summed E-state index contributed by atoms with van der Waals surface area (Å²) in [5.74, 6) is 0. The predicted molar refractivity (Wildman–Crippen MR) is 60.6 cm³/mol. The van der Waals surface area contributed by atoms with Crippen LogP contribution in [0.1, 0.15) is 5.56 Å². The molecule has 0 radical (unpaired) electrons. The van der Waals surface area contributed by atoms with E-state index in [1.807, 2.05) is 19.1 Å². The molecule has 0 aliphatic carbocycles. The number of benzene rings is 1. The Morgan fingerprint density at radius 1 is 1.25 bits per heavy atom. The number of nitrogens with one attached hydrogen (secondary N) is 2. The van der Waals surface area contributed by atoms with E-state index in [1.54, 1.807) is 12.1 Å². The molecule has 2 aromatic rings. The van der Waals surface area contributed by atoms with Crippen LogP contribution in [0.4, 0.5) is 5.69 Å². The molecule has 0 amide bonds. The fourth-order valence-electron chi connectivity index (χ4n) is 1.22. The lowest BCUT2D eigenvalue weighted by Crippen LogP contribution is -2.13. The van der Waals surface area contributed by atoms with Crippen molar-refractivity contribution in [2.75, 3.05) is 4.72 Å². The van der Waals surface area contributed by atoms with Crippen LogP contribution in [0.15, 0.2) is 41.8 Å². The highest BCUT2D eigenvalue weighted by molar-refractivity contribution is 7.92. The summed E-state index contributed by atoms with van der Waals surface area (Å²) >= 11 is 0. The van der Waals surface area contributed by atoms with E-state index >= 15 is 0 Å². The van der Waals surface area contributed by atoms with E-state index in [4.69, 9.17) is 0 Å². The van der Waals surface area contributed by atoms with Crippen molar-refractivity contribution in [3.63, 3.8) is 0 Å². The van der Waals surface area contributed by atoms with Gasteiger partial charge in [0.25, 0.3) is 10.0 Å². The molecule has 16 heavy (non-hydrogen) atoms. The molecule has 5 nitrogen and oxygen atoms in total. The Labute approximate surface area is 93.6 Å². The molecule has 1 aromatic heterocycles. The van der Waals surface area contributed by atoms with Gasteiger partial charge in [0, 0.05) is 5.69 Å². The number of aromatic amines is 1. The minimum absolute atomic E-state index is 0.0491. The highest BCUT2D eigenvalue weighted by atomic mass is 32.2. The van der Waals surface area contributed by atoms with E-state index in [-0.39, 0.29) is 5.03 Å². The number of aromatic nitrogens is 2. The van der Waals surface area contributed by atoms with Crippen molar-refractivity contribution < 1.29 is 8.42 Å². The highest BCUT2D eigenvalue weighted by Crippen LogP contribution is 2.14. The largest absolute Gasteiger partial charge is 0.334 e. The lowest BCUT2D eigenvalue weighted by Gasteiger charge is -2.05. The quantitative estimate of drug-likeness (QED) is 0.849. The number of anilines is 1. The SMILES string of the molecule is Cc1ccc(NS(=O)(=O)c2cnc[nH]2)cc1. The van der Waals surface area contributed by atoms with Gasteiger partial charge >= 0.3 is 0 Å². The number of nitrogens with zero attached hydrogens (tertiary/aromatic N) is 1. The van der Waals surface area contributed by atoms with E-state index in [1.165, 1.54) is 12.5 Å². The second kappa shape index (κ2) is 3.97. The van der Waals surface area contributed by atoms with Crippen LogP contribution in [0.2, 0.25) is 0 Å². The molecule has 84 valence electrons. The van der Waals surface area contributed by atoms with E-state index in [2.05, 4.69) is 14.7 Å². The number of H-pyrrole nitrogens is 1. The van der Waals surface area contributed by atoms with E-state index < -0.39 is 10.0 Å². The second-order valence-corrected chi connectivity index (χ2v) is 5.04. The summed E-state index contributed by atoms with van der Waals surface area (Å²) in [7, 11) is -3.55. The molecule has 1 heterocycles. The third-order valence-corrected chi connectivity index (χ3v) is 3.37. The minimum atomic E-state index is -3.55. The molecule has 0 bridgehead atoms. The zero-order valence-corrected chi connectivity index (χ0v) is 9.45. The number of rotatable bonds is 3. The molecule has 1 aromatic carbocycles. The number of hydrogen-bond acceptors (Lipinski definition) is 3. The van der Waals surface area contributed by atoms with Crippen molar-refractivity contribution in [2.45, 2.75) is 11.9 Å². The Kier molecular flexibility index (Phi) is 2.66. The molecule has 0 saturated carbocycles. The first-order valence-corrected chi connectivity index (χ1v) is 6.14. The Morgan fingerprint density at radius 3 is 2.50 bits per heavy atom. The van der Waals surface area contributed by atoms with Gasteiger partial charge in [-0.15, -0.1) is 0 Å². The third-order valence-electron chi connectivity index (χ3n) is 2.07. The number of imidazole rings is 1. The first-order chi connectivity index (χ1) is 7.58. The van der Waals surface area contributed by atoms with Crippen LogP contribution in [-0.4, -0.2) is 18.4 Å². The van der Waals surface area contributed by atoms with Crippen molar-refractivity contribution in [3.05, 3.63) is 42.4 Å². The van der Waals surface area contributed by atoms with Gasteiger partial charge < -0.3 is 4.98 Å². The summed E-state index contributed by atoms with van der Waals surface area (Å²) < 4.78 is 26.0. The zero-order chi connectivity index (χ0) is 11.6. The molecule has 0 aliphatic heterocycles. The van der Waals surface area contributed by atoms with Crippen LogP contribution >= 0.6 is 0 Å². The van der Waals surface area contributed by atoms with Gasteiger partial charge in [0.15, 0.2) is 5.03 Å². The van der Waals surface area contributed by atoms with Crippen LogP contribution in [-0.2, 0) is 10.0 Å². The maximum atomic E-state index is 11.8. The Morgan fingerprint density at radius 2 is 1.94 bits per heavy atom. The molecular formula is C10H11N3O2S. The highest BCUT2D eigenvalue weighted by Gasteiger charge is 2.14. The maximum absolute atomic E-state index is 11.8. The monoisotopic (exact) mass is 237 g/mol. The van der Waals surface area contributed by atoms with Gasteiger partial charge in [0.2, 0.25) is 0 Å². The number of hydrogen-bond donors (Lipinski definition) is 2. The van der Waals surface area contributed by atoms with Crippen LogP contribution in [0.5, 0.6) is 0 Å². The summed E-state index contributed by atoms with van der Waals surface area (Å²) in [6, 6.07) is 7.10. The number of aryl methyl sites for hydroxylation is 1. The summed E-state index contributed by atoms with van der Waals surface area (Å²) in [4.78, 5) is 6.22. The minimum Gasteiger partial charge on any atom is -0.334 e. The number of sulfonamides is 1. The molecule has 0 spiro atoms. The molecule has 2 rings (SSSR count). The lowest BCUT2D eigenvalue weighted by molar-refractivity contribution is 0.598. The molecule has 2 N–H and O–H groups in total. The predicted octanol–water partition coefficient (Wildman–Crippen LogP) is 1.52. The van der Waals surface area contributed by atoms with E-state index in [9.17, 15) is 8.42 Å². The standard InChI is InChI=1S/C10H11N3O2S/c1-8-2-4-9(5-3-8)13-16(14,15)10-6-11-7-12-10/h2-7,13H,1H3,(H,11,12). The fourth-order valence-corrected chi connectivity index (χ4v) is 2.19. The van der Waals surface area contributed by atoms with Crippen LogP contribution < -0.4 is 4.72 Å². The maximum Gasteiger partial charge on any atom is 0.278 e. The summed E-state index contributed by atoms with van der Waals surface area (Å²) in [6.45, 7) is 1.94. The first kappa shape index (κ1) is 10.7. The average molecular weight is 237 g/mol. The van der Waals surface area contributed by atoms with Gasteiger partial charge in [-0.25, -0.2) is 4.98 Å². The van der Waals surface area contributed by atoms with Crippen molar-refractivity contribution in [3.8, 4) is 0 Å². The fraction of sp³-hybridized carbons (Fsp3) is 0.100. The summed E-state index contributed by atoms with van der Waals surface area (Å²) in [5.41, 5.74) is 1.60. The molecule has 0 aliphatic rings. The Hall–Kier alpha value is -1.82. The molecule has 0 saturated heterocycles. The van der Waals surface area contributed by atoms with Gasteiger partial charge in [-0.1, -0.05) is 17.7 Å². The third kappa shape index (κ3) is 2.22. The van der Waals surface area contributed by atoms with Crippen LogP contribution in [0.25, 0.3) is 0 Å². The Bertz CT molecular complexity index is 559. The molecule has 0 atom stereocenters. The first-order valence-electron chi connectivity index (χ1n) is 4.66. The van der Waals surface area contributed by atoms with Crippen LogP contribution in [0.3, 0.4) is 0 Å². The van der Waals surface area contributed by atoms with Gasteiger partial charge in [0.1, 0.15) is 0 Å². The summed E-state index contributed by atoms with van der Waals surface area (Å²) in [6.07, 6.45) is 2.58. The second-order valence-electron chi connectivity index (χ2n) is 3.39. The summed E-state index contributed by atoms with van der Waals surface area (Å²) in [5, 5.41) is 0.0491. The molecular weight excluding hydrogens is 226 g/mol. The molecule has 6 heteroatoms. The molecule has 0 unspecified atom stereocenters. The Balaban J connectivity index is 2.25. The van der Waals surface area contributed by atoms with Gasteiger partial charge in [0.05, 0.1) is 12.5 Å². The van der Waals surface area contributed by atoms with Crippen molar-refractivity contribution in [1.29, 1.82) is 0 Å². The topological polar surface area (TPSA) is 74.8 Å². The van der Waals surface area contributed by atoms with Crippen molar-refractivity contribution in [2.24, 2.45) is 0 Å². The van der Waals surface area contributed by atoms with Gasteiger partial charge in [-0.05, 0) is 19.1 Å². The zero-order valence-electron chi connectivity index (χ0n) is 8.64. The smallest absolute Gasteiger partial charge is 0.278 e. The normalized spacial score (nSPS) is 11.3. The lowest BCUT2D eigenvalue weighted by atomic mass is 10.2. The van der Waals surface area contributed by atoms with Crippen LogP contribution in [0, 0.1) is 6.92 Å². The van der Waals surface area contributed by atoms with E-state index in [0.717, 1.165) is 5.56 Å². The van der Waals surface area contributed by atoms with Crippen molar-refractivity contribution >= 4 is 15.7 Å². The van der Waals surface area contributed by atoms with E-state index in [0.29, 0.717) is 5.69 Å².